The third-order valence-corrected chi connectivity index (χ3v) is 4.98. The van der Waals surface area contributed by atoms with Gasteiger partial charge in [0.1, 0.15) is 0 Å². The van der Waals surface area contributed by atoms with Crippen LogP contribution in [0.2, 0.25) is 0 Å². The van der Waals surface area contributed by atoms with Crippen LogP contribution >= 0.6 is 27.7 Å². The predicted octanol–water partition coefficient (Wildman–Crippen LogP) is 5.10. The zero-order valence-electron chi connectivity index (χ0n) is 9.90. The molecule has 0 aromatic heterocycles. The van der Waals surface area contributed by atoms with Gasteiger partial charge in [-0.2, -0.15) is 0 Å². The molecule has 0 saturated heterocycles. The third kappa shape index (κ3) is 2.43. The van der Waals surface area contributed by atoms with E-state index in [9.17, 15) is 0 Å². The Morgan fingerprint density at radius 2 is 1.83 bits per heavy atom. The number of rotatable bonds is 2. The minimum Gasteiger partial charge on any atom is -0.377 e. The molecule has 0 bridgehead atoms. The van der Waals surface area contributed by atoms with Gasteiger partial charge in [-0.05, 0) is 46.1 Å². The van der Waals surface area contributed by atoms with E-state index in [4.69, 9.17) is 0 Å². The highest BCUT2D eigenvalue weighted by Gasteiger charge is 2.20. The van der Waals surface area contributed by atoms with Crippen molar-refractivity contribution in [2.45, 2.75) is 17.4 Å². The molecule has 1 unspecified atom stereocenters. The van der Waals surface area contributed by atoms with E-state index in [-0.39, 0.29) is 0 Å². The molecule has 3 rings (SSSR count). The second-order valence-electron chi connectivity index (χ2n) is 4.35. The molecule has 1 nitrogen and oxygen atoms in total. The predicted molar refractivity (Wildman–Crippen MR) is 82.3 cm³/mol. The fourth-order valence-corrected chi connectivity index (χ4v) is 3.78. The molecule has 0 radical (unpaired) electrons. The van der Waals surface area contributed by atoms with Crippen molar-refractivity contribution >= 4 is 33.4 Å². The first-order chi connectivity index (χ1) is 8.84. The maximum Gasteiger partial charge on any atom is 0.0533 e. The van der Waals surface area contributed by atoms with Crippen LogP contribution in [-0.2, 0) is 0 Å². The lowest BCUT2D eigenvalue weighted by atomic mass is 10.0. The van der Waals surface area contributed by atoms with Crippen molar-refractivity contribution in [2.75, 3.05) is 11.1 Å². The fourth-order valence-electron chi connectivity index (χ4n) is 2.26. The smallest absolute Gasteiger partial charge is 0.0533 e. The summed E-state index contributed by atoms with van der Waals surface area (Å²) in [5.41, 5.74) is 2.59. The number of nitrogens with one attached hydrogen (secondary N) is 1. The van der Waals surface area contributed by atoms with Crippen molar-refractivity contribution in [3.8, 4) is 0 Å². The number of hydrogen-bond donors (Lipinski definition) is 1. The van der Waals surface area contributed by atoms with E-state index >= 15 is 0 Å². The van der Waals surface area contributed by atoms with Gasteiger partial charge in [0.15, 0.2) is 0 Å². The van der Waals surface area contributed by atoms with Crippen LogP contribution < -0.4 is 5.32 Å². The first kappa shape index (κ1) is 12.1. The zero-order valence-corrected chi connectivity index (χ0v) is 12.3. The van der Waals surface area contributed by atoms with Gasteiger partial charge in [0.25, 0.3) is 0 Å². The zero-order chi connectivity index (χ0) is 12.4. The highest BCUT2D eigenvalue weighted by Crippen LogP contribution is 2.38. The molecular weight excluding hydrogens is 306 g/mol. The topological polar surface area (TPSA) is 12.0 Å². The Bertz CT molecular complexity index is 556. The van der Waals surface area contributed by atoms with Gasteiger partial charge >= 0.3 is 0 Å². The SMILES string of the molecule is Brc1ccccc1NC1CCSc2ccccc21. The number of fused-ring (bicyclic) bond motifs is 1. The fraction of sp³-hybridized carbons (Fsp3) is 0.200. The van der Waals surface area contributed by atoms with Gasteiger partial charge in [0, 0.05) is 20.8 Å². The van der Waals surface area contributed by atoms with Crippen LogP contribution in [0.5, 0.6) is 0 Å². The van der Waals surface area contributed by atoms with Crippen molar-refractivity contribution < 1.29 is 0 Å². The van der Waals surface area contributed by atoms with Gasteiger partial charge < -0.3 is 5.32 Å². The molecule has 92 valence electrons. The summed E-state index contributed by atoms with van der Waals surface area (Å²) < 4.78 is 1.13. The van der Waals surface area contributed by atoms with Crippen molar-refractivity contribution in [3.63, 3.8) is 0 Å². The van der Waals surface area contributed by atoms with Crippen LogP contribution in [0, 0.1) is 0 Å². The first-order valence-electron chi connectivity index (χ1n) is 6.07. The Labute approximate surface area is 120 Å². The summed E-state index contributed by atoms with van der Waals surface area (Å²) in [7, 11) is 0. The highest BCUT2D eigenvalue weighted by molar-refractivity contribution is 9.10. The standard InChI is InChI=1S/C15H14BrNS/c16-12-6-2-3-7-14(12)17-13-9-10-18-15-8-4-1-5-11(13)15/h1-8,13,17H,9-10H2. The molecule has 0 spiro atoms. The number of thioether (sulfide) groups is 1. The Hall–Kier alpha value is -0.930. The molecule has 1 N–H and O–H groups in total. The summed E-state index contributed by atoms with van der Waals surface area (Å²) in [5, 5.41) is 3.65. The normalized spacial score (nSPS) is 18.2. The Balaban J connectivity index is 1.89. The van der Waals surface area contributed by atoms with Gasteiger partial charge in [-0.15, -0.1) is 11.8 Å². The Kier molecular flexibility index (Phi) is 3.62. The average Bonchev–Trinajstić information content (AvgIpc) is 2.42. The van der Waals surface area contributed by atoms with Gasteiger partial charge in [0.2, 0.25) is 0 Å². The lowest BCUT2D eigenvalue weighted by Crippen LogP contribution is -2.16. The van der Waals surface area contributed by atoms with Gasteiger partial charge in [0.05, 0.1) is 6.04 Å². The van der Waals surface area contributed by atoms with E-state index < -0.39 is 0 Å². The number of benzene rings is 2. The lowest BCUT2D eigenvalue weighted by molar-refractivity contribution is 0.728. The monoisotopic (exact) mass is 319 g/mol. The maximum atomic E-state index is 3.65. The third-order valence-electron chi connectivity index (χ3n) is 3.16. The number of halogens is 1. The molecule has 1 aliphatic heterocycles. The van der Waals surface area contributed by atoms with Gasteiger partial charge in [-0.1, -0.05) is 30.3 Å². The molecule has 2 aromatic carbocycles. The van der Waals surface area contributed by atoms with Crippen LogP contribution in [0.1, 0.15) is 18.0 Å². The summed E-state index contributed by atoms with van der Waals surface area (Å²) in [4.78, 5) is 1.41. The molecule has 2 aromatic rings. The van der Waals surface area contributed by atoms with E-state index in [1.54, 1.807) is 0 Å². The van der Waals surface area contributed by atoms with Crippen molar-refractivity contribution in [2.24, 2.45) is 0 Å². The lowest BCUT2D eigenvalue weighted by Gasteiger charge is -2.27. The average molecular weight is 320 g/mol. The molecule has 0 aliphatic carbocycles. The largest absolute Gasteiger partial charge is 0.377 e. The van der Waals surface area contributed by atoms with E-state index in [0.717, 1.165) is 4.47 Å². The summed E-state index contributed by atoms with van der Waals surface area (Å²) in [6.07, 6.45) is 1.17. The number of para-hydroxylation sites is 1. The minimum atomic E-state index is 0.418. The van der Waals surface area contributed by atoms with Crippen LogP contribution in [-0.4, -0.2) is 5.75 Å². The van der Waals surface area contributed by atoms with E-state index in [2.05, 4.69) is 63.7 Å². The van der Waals surface area contributed by atoms with E-state index in [1.165, 1.54) is 28.3 Å². The second kappa shape index (κ2) is 5.37. The molecule has 18 heavy (non-hydrogen) atoms. The molecule has 0 fully saturated rings. The molecular formula is C15H14BrNS. The Morgan fingerprint density at radius 1 is 1.06 bits per heavy atom. The number of hydrogen-bond acceptors (Lipinski definition) is 2. The Morgan fingerprint density at radius 3 is 2.72 bits per heavy atom. The summed E-state index contributed by atoms with van der Waals surface area (Å²) in [6, 6.07) is 17.4. The highest BCUT2D eigenvalue weighted by atomic mass is 79.9. The van der Waals surface area contributed by atoms with Crippen molar-refractivity contribution in [1.82, 2.24) is 0 Å². The van der Waals surface area contributed by atoms with E-state index in [1.807, 2.05) is 17.8 Å². The maximum absolute atomic E-state index is 3.65. The van der Waals surface area contributed by atoms with Crippen LogP contribution in [0.25, 0.3) is 0 Å². The summed E-state index contributed by atoms with van der Waals surface area (Å²) in [6.45, 7) is 0. The van der Waals surface area contributed by atoms with Crippen LogP contribution in [0.15, 0.2) is 57.9 Å². The van der Waals surface area contributed by atoms with Crippen molar-refractivity contribution in [3.05, 3.63) is 58.6 Å². The summed E-state index contributed by atoms with van der Waals surface area (Å²) >= 11 is 5.55. The number of anilines is 1. The van der Waals surface area contributed by atoms with Crippen LogP contribution in [0.4, 0.5) is 5.69 Å². The molecule has 3 heteroatoms. The summed E-state index contributed by atoms with van der Waals surface area (Å²) in [5.74, 6) is 1.18. The van der Waals surface area contributed by atoms with Gasteiger partial charge in [-0.25, -0.2) is 0 Å². The quantitative estimate of drug-likeness (QED) is 0.826. The molecule has 0 amide bonds. The van der Waals surface area contributed by atoms with Crippen molar-refractivity contribution in [1.29, 1.82) is 0 Å². The molecule has 0 saturated carbocycles. The minimum absolute atomic E-state index is 0.418. The molecule has 1 aliphatic rings. The van der Waals surface area contributed by atoms with E-state index in [0.29, 0.717) is 6.04 Å². The first-order valence-corrected chi connectivity index (χ1v) is 7.85. The van der Waals surface area contributed by atoms with Gasteiger partial charge in [-0.3, -0.25) is 0 Å². The van der Waals surface area contributed by atoms with Crippen LogP contribution in [0.3, 0.4) is 0 Å². The second-order valence-corrected chi connectivity index (χ2v) is 6.34. The molecule has 1 heterocycles. The molecule has 1 atom stereocenters.